The number of aromatic nitrogens is 2. The molecule has 0 N–H and O–H groups in total. The Kier molecular flexibility index (Phi) is 1.91. The summed E-state index contributed by atoms with van der Waals surface area (Å²) in [6, 6.07) is 0.751. The Morgan fingerprint density at radius 2 is 2.08 bits per heavy atom. The van der Waals surface area contributed by atoms with Crippen LogP contribution in [0.2, 0.25) is 0 Å². The number of hydrogen-bond donors (Lipinski definition) is 0. The molecule has 0 amide bonds. The van der Waals surface area contributed by atoms with Crippen molar-refractivity contribution in [1.82, 2.24) is 9.55 Å². The Bertz CT molecular complexity index is 341. The van der Waals surface area contributed by atoms with Crippen molar-refractivity contribution in [2.45, 2.75) is 6.18 Å². The van der Waals surface area contributed by atoms with Crippen molar-refractivity contribution in [3.05, 3.63) is 28.4 Å². The summed E-state index contributed by atoms with van der Waals surface area (Å²) in [6.07, 6.45) is -3.52. The van der Waals surface area contributed by atoms with Crippen molar-refractivity contribution < 1.29 is 13.2 Å². The van der Waals surface area contributed by atoms with Gasteiger partial charge in [0.05, 0.1) is 0 Å². The molecule has 0 aromatic carbocycles. The summed E-state index contributed by atoms with van der Waals surface area (Å²) in [5.74, 6) is 0. The first-order valence-electron chi connectivity index (χ1n) is 3.02. The molecule has 0 saturated heterocycles. The second kappa shape index (κ2) is 2.62. The van der Waals surface area contributed by atoms with Crippen LogP contribution < -0.4 is 5.69 Å². The van der Waals surface area contributed by atoms with Gasteiger partial charge in [0.25, 0.3) is 0 Å². The number of rotatable bonds is 0. The van der Waals surface area contributed by atoms with Gasteiger partial charge in [-0.05, 0) is 6.07 Å². The van der Waals surface area contributed by atoms with Gasteiger partial charge < -0.3 is 4.57 Å². The first kappa shape index (κ1) is 8.76. The number of aryl methyl sites for hydroxylation is 1. The lowest BCUT2D eigenvalue weighted by Gasteiger charge is -2.04. The molecule has 66 valence electrons. The number of alkyl halides is 3. The number of hydrogen-bond acceptors (Lipinski definition) is 2. The van der Waals surface area contributed by atoms with Crippen LogP contribution in [0.3, 0.4) is 0 Å². The van der Waals surface area contributed by atoms with Crippen LogP contribution in [0.1, 0.15) is 5.69 Å². The summed E-state index contributed by atoms with van der Waals surface area (Å²) in [6.45, 7) is 0. The molecule has 0 saturated carbocycles. The third-order valence-electron chi connectivity index (χ3n) is 1.26. The van der Waals surface area contributed by atoms with Crippen LogP contribution in [-0.4, -0.2) is 9.55 Å². The zero-order valence-electron chi connectivity index (χ0n) is 6.09. The Labute approximate surface area is 65.5 Å². The molecule has 12 heavy (non-hydrogen) atoms. The van der Waals surface area contributed by atoms with E-state index in [9.17, 15) is 18.0 Å². The molecule has 0 bridgehead atoms. The molecule has 1 rings (SSSR count). The normalized spacial score (nSPS) is 11.7. The second-order valence-corrected chi connectivity index (χ2v) is 2.20. The highest BCUT2D eigenvalue weighted by Gasteiger charge is 2.32. The third kappa shape index (κ3) is 1.63. The average Bonchev–Trinajstić information content (AvgIpc) is 1.92. The third-order valence-corrected chi connectivity index (χ3v) is 1.26. The number of nitrogens with zero attached hydrogens (tertiary/aromatic N) is 2. The molecule has 1 aromatic rings. The minimum Gasteiger partial charge on any atom is -0.302 e. The maximum Gasteiger partial charge on any atom is 0.433 e. The fourth-order valence-electron chi connectivity index (χ4n) is 0.623. The van der Waals surface area contributed by atoms with Gasteiger partial charge in [-0.1, -0.05) is 0 Å². The van der Waals surface area contributed by atoms with E-state index < -0.39 is 17.6 Å². The fourth-order valence-corrected chi connectivity index (χ4v) is 0.623. The first-order chi connectivity index (χ1) is 5.41. The Morgan fingerprint density at radius 3 is 2.50 bits per heavy atom. The Hall–Kier alpha value is -1.33. The molecule has 3 nitrogen and oxygen atoms in total. The molecule has 6 heteroatoms. The van der Waals surface area contributed by atoms with E-state index in [-0.39, 0.29) is 0 Å². The van der Waals surface area contributed by atoms with E-state index in [0.717, 1.165) is 16.8 Å². The van der Waals surface area contributed by atoms with Gasteiger partial charge in [-0.15, -0.1) is 0 Å². The van der Waals surface area contributed by atoms with E-state index in [1.807, 2.05) is 0 Å². The maximum atomic E-state index is 11.9. The van der Waals surface area contributed by atoms with Crippen molar-refractivity contribution in [1.29, 1.82) is 0 Å². The van der Waals surface area contributed by atoms with E-state index in [1.54, 1.807) is 0 Å². The van der Waals surface area contributed by atoms with Gasteiger partial charge in [0.15, 0.2) is 5.69 Å². The SMILES string of the molecule is Cn1ccc(C(F)(F)F)nc1=O. The molecule has 1 heterocycles. The van der Waals surface area contributed by atoms with Gasteiger partial charge in [0.2, 0.25) is 0 Å². The zero-order chi connectivity index (χ0) is 9.35. The highest BCUT2D eigenvalue weighted by Crippen LogP contribution is 2.25. The topological polar surface area (TPSA) is 34.9 Å². The van der Waals surface area contributed by atoms with Gasteiger partial charge in [-0.3, -0.25) is 0 Å². The maximum absolute atomic E-state index is 11.9. The standard InChI is InChI=1S/C6H5F3N2O/c1-11-3-2-4(6(7,8)9)10-5(11)12/h2-3H,1H3. The molecule has 0 aliphatic rings. The summed E-state index contributed by atoms with van der Waals surface area (Å²) in [7, 11) is 1.33. The van der Waals surface area contributed by atoms with Crippen molar-refractivity contribution >= 4 is 0 Å². The lowest BCUT2D eigenvalue weighted by atomic mass is 10.4. The molecular formula is C6H5F3N2O. The zero-order valence-corrected chi connectivity index (χ0v) is 6.09. The lowest BCUT2D eigenvalue weighted by Crippen LogP contribution is -2.23. The van der Waals surface area contributed by atoms with Crippen LogP contribution in [-0.2, 0) is 13.2 Å². The van der Waals surface area contributed by atoms with E-state index in [1.165, 1.54) is 7.05 Å². The molecule has 1 aromatic heterocycles. The van der Waals surface area contributed by atoms with Crippen LogP contribution in [0.15, 0.2) is 17.1 Å². The van der Waals surface area contributed by atoms with Gasteiger partial charge in [0, 0.05) is 13.2 Å². The quantitative estimate of drug-likeness (QED) is 0.588. The molecule has 0 unspecified atom stereocenters. The molecule has 0 atom stereocenters. The highest BCUT2D eigenvalue weighted by molar-refractivity contribution is 5.02. The van der Waals surface area contributed by atoms with Crippen LogP contribution >= 0.6 is 0 Å². The van der Waals surface area contributed by atoms with E-state index in [2.05, 4.69) is 4.98 Å². The minimum atomic E-state index is -4.55. The predicted molar refractivity (Wildman–Crippen MR) is 34.5 cm³/mol. The Morgan fingerprint density at radius 1 is 1.50 bits per heavy atom. The van der Waals surface area contributed by atoms with E-state index >= 15 is 0 Å². The van der Waals surface area contributed by atoms with Crippen LogP contribution in [0.4, 0.5) is 13.2 Å². The molecule has 0 aliphatic heterocycles. The summed E-state index contributed by atoms with van der Waals surface area (Å²) < 4.78 is 36.6. The van der Waals surface area contributed by atoms with Crippen LogP contribution in [0.25, 0.3) is 0 Å². The second-order valence-electron chi connectivity index (χ2n) is 2.20. The van der Waals surface area contributed by atoms with Crippen molar-refractivity contribution in [2.75, 3.05) is 0 Å². The average molecular weight is 178 g/mol. The summed E-state index contributed by atoms with van der Waals surface area (Å²) in [5.41, 5.74) is -2.07. The largest absolute Gasteiger partial charge is 0.433 e. The van der Waals surface area contributed by atoms with Crippen LogP contribution in [0, 0.1) is 0 Å². The minimum absolute atomic E-state index is 0.751. The van der Waals surface area contributed by atoms with E-state index in [4.69, 9.17) is 0 Å². The first-order valence-corrected chi connectivity index (χ1v) is 3.02. The van der Waals surface area contributed by atoms with Gasteiger partial charge in [-0.2, -0.15) is 18.2 Å². The summed E-state index contributed by atoms with van der Waals surface area (Å²) in [5, 5.41) is 0. The molecular weight excluding hydrogens is 173 g/mol. The monoisotopic (exact) mass is 178 g/mol. The lowest BCUT2D eigenvalue weighted by molar-refractivity contribution is -0.141. The summed E-state index contributed by atoms with van der Waals surface area (Å²) >= 11 is 0. The van der Waals surface area contributed by atoms with Gasteiger partial charge in [-0.25, -0.2) is 4.79 Å². The number of halogens is 3. The Balaban J connectivity index is 3.23. The van der Waals surface area contributed by atoms with Gasteiger partial charge in [0.1, 0.15) is 0 Å². The van der Waals surface area contributed by atoms with Crippen molar-refractivity contribution in [3.63, 3.8) is 0 Å². The predicted octanol–water partition coefficient (Wildman–Crippen LogP) is 0.799. The highest BCUT2D eigenvalue weighted by atomic mass is 19.4. The molecule has 0 spiro atoms. The molecule has 0 fully saturated rings. The van der Waals surface area contributed by atoms with E-state index in [0.29, 0.717) is 0 Å². The summed E-state index contributed by atoms with van der Waals surface area (Å²) in [4.78, 5) is 13.5. The molecule has 0 aliphatic carbocycles. The molecule has 0 radical (unpaired) electrons. The fraction of sp³-hybridized carbons (Fsp3) is 0.333. The van der Waals surface area contributed by atoms with Crippen molar-refractivity contribution in [3.8, 4) is 0 Å². The van der Waals surface area contributed by atoms with Crippen LogP contribution in [0.5, 0.6) is 0 Å². The smallest absolute Gasteiger partial charge is 0.302 e. The van der Waals surface area contributed by atoms with Gasteiger partial charge >= 0.3 is 11.9 Å². The van der Waals surface area contributed by atoms with Crippen molar-refractivity contribution in [2.24, 2.45) is 7.05 Å².